The lowest BCUT2D eigenvalue weighted by Gasteiger charge is -2.26. The molecule has 7 nitrogen and oxygen atoms in total. The van der Waals surface area contributed by atoms with Gasteiger partial charge in [0.2, 0.25) is 0 Å². The van der Waals surface area contributed by atoms with Crippen LogP contribution in [-0.2, 0) is 11.8 Å². The van der Waals surface area contributed by atoms with E-state index in [9.17, 15) is 4.79 Å². The van der Waals surface area contributed by atoms with Gasteiger partial charge in [0.05, 0.1) is 17.9 Å². The van der Waals surface area contributed by atoms with Crippen LogP contribution in [0.4, 0.5) is 4.79 Å². The van der Waals surface area contributed by atoms with Crippen LogP contribution in [0, 0.1) is 5.92 Å². The number of nitrogens with one attached hydrogen (secondary N) is 1. The third kappa shape index (κ3) is 3.72. The summed E-state index contributed by atoms with van der Waals surface area (Å²) in [6, 6.07) is 0.137. The van der Waals surface area contributed by atoms with Crippen molar-refractivity contribution in [2.45, 2.75) is 38.8 Å². The van der Waals surface area contributed by atoms with Crippen LogP contribution in [0.1, 0.15) is 38.9 Å². The molecular weight excluding hydrogens is 270 g/mol. The minimum Gasteiger partial charge on any atom is -0.444 e. The summed E-state index contributed by atoms with van der Waals surface area (Å²) in [4.78, 5) is 13.9. The molecule has 7 heteroatoms. The van der Waals surface area contributed by atoms with Gasteiger partial charge in [0.1, 0.15) is 5.60 Å². The number of carbonyl (C=O) groups excluding carboxylic acids is 1. The largest absolute Gasteiger partial charge is 0.444 e. The zero-order chi connectivity index (χ0) is 15.6. The van der Waals surface area contributed by atoms with Crippen LogP contribution in [-0.4, -0.2) is 51.7 Å². The Balaban J connectivity index is 2.01. The van der Waals surface area contributed by atoms with Gasteiger partial charge in [-0.2, -0.15) is 0 Å². The molecule has 1 aliphatic rings. The molecule has 1 aliphatic heterocycles. The molecule has 1 fully saturated rings. The fourth-order valence-corrected chi connectivity index (χ4v) is 2.76. The minimum atomic E-state index is -0.455. The number of nitrogens with zero attached hydrogens (tertiary/aromatic N) is 4. The first-order chi connectivity index (χ1) is 9.81. The number of aromatic nitrogens is 3. The predicted octanol–water partition coefficient (Wildman–Crippen LogP) is 1.33. The fraction of sp³-hybridized carbons (Fsp3) is 0.786. The monoisotopic (exact) mass is 295 g/mol. The highest BCUT2D eigenvalue weighted by Crippen LogP contribution is 2.30. The van der Waals surface area contributed by atoms with E-state index in [1.165, 1.54) is 0 Å². The second kappa shape index (κ2) is 6.01. The first-order valence-electron chi connectivity index (χ1n) is 7.31. The lowest BCUT2D eigenvalue weighted by Crippen LogP contribution is -2.36. The van der Waals surface area contributed by atoms with Crippen molar-refractivity contribution in [3.05, 3.63) is 11.9 Å². The summed E-state index contributed by atoms with van der Waals surface area (Å²) < 4.78 is 7.21. The van der Waals surface area contributed by atoms with E-state index >= 15 is 0 Å². The van der Waals surface area contributed by atoms with Crippen LogP contribution < -0.4 is 5.32 Å². The van der Waals surface area contributed by atoms with Crippen molar-refractivity contribution in [3.8, 4) is 0 Å². The topological polar surface area (TPSA) is 72.3 Å². The van der Waals surface area contributed by atoms with Crippen molar-refractivity contribution in [2.75, 3.05) is 20.1 Å². The maximum atomic E-state index is 12.1. The van der Waals surface area contributed by atoms with E-state index in [2.05, 4.69) is 15.6 Å². The molecular formula is C14H25N5O2. The summed E-state index contributed by atoms with van der Waals surface area (Å²) in [5, 5.41) is 11.2. The van der Waals surface area contributed by atoms with E-state index in [4.69, 9.17) is 4.74 Å². The molecule has 2 rings (SSSR count). The lowest BCUT2D eigenvalue weighted by molar-refractivity contribution is 0.0285. The van der Waals surface area contributed by atoms with Crippen molar-refractivity contribution in [3.63, 3.8) is 0 Å². The Kier molecular flexibility index (Phi) is 4.51. The van der Waals surface area contributed by atoms with Gasteiger partial charge in [-0.1, -0.05) is 5.21 Å². The standard InChI is InChI=1S/C14H25N5O2/c1-14(2,3)21-13(20)19-7-6-10(9-19)12(15-4)11-8-16-17-18(11)5/h8,10,12,15H,6-7,9H2,1-5H3. The van der Waals surface area contributed by atoms with Gasteiger partial charge >= 0.3 is 6.09 Å². The van der Waals surface area contributed by atoms with Crippen molar-refractivity contribution in [1.82, 2.24) is 25.2 Å². The smallest absolute Gasteiger partial charge is 0.410 e. The number of amides is 1. The maximum absolute atomic E-state index is 12.1. The van der Waals surface area contributed by atoms with Gasteiger partial charge in [-0.3, -0.25) is 4.68 Å². The van der Waals surface area contributed by atoms with Crippen LogP contribution in [0.15, 0.2) is 6.20 Å². The van der Waals surface area contributed by atoms with Gasteiger partial charge in [0.15, 0.2) is 0 Å². The number of hydrogen-bond donors (Lipinski definition) is 1. The van der Waals surface area contributed by atoms with E-state index in [1.54, 1.807) is 15.8 Å². The highest BCUT2D eigenvalue weighted by Gasteiger charge is 2.35. The van der Waals surface area contributed by atoms with Crippen LogP contribution in [0.2, 0.25) is 0 Å². The lowest BCUT2D eigenvalue weighted by atomic mass is 9.96. The number of hydrogen-bond acceptors (Lipinski definition) is 5. The van der Waals surface area contributed by atoms with Gasteiger partial charge in [-0.15, -0.1) is 5.10 Å². The van der Waals surface area contributed by atoms with E-state index in [1.807, 2.05) is 34.9 Å². The Morgan fingerprint density at radius 3 is 2.76 bits per heavy atom. The molecule has 0 saturated carbocycles. The Morgan fingerprint density at radius 1 is 1.52 bits per heavy atom. The second-order valence-corrected chi connectivity index (χ2v) is 6.52. The normalized spacial score (nSPS) is 20.6. The van der Waals surface area contributed by atoms with Crippen molar-refractivity contribution in [2.24, 2.45) is 13.0 Å². The van der Waals surface area contributed by atoms with Crippen molar-refractivity contribution < 1.29 is 9.53 Å². The van der Waals surface area contributed by atoms with Gasteiger partial charge in [0, 0.05) is 20.1 Å². The first kappa shape index (κ1) is 15.8. The fourth-order valence-electron chi connectivity index (χ4n) is 2.76. The molecule has 2 atom stereocenters. The molecule has 0 aliphatic carbocycles. The Bertz CT molecular complexity index is 494. The summed E-state index contributed by atoms with van der Waals surface area (Å²) in [6.45, 7) is 7.07. The van der Waals surface area contributed by atoms with Crippen molar-refractivity contribution >= 4 is 6.09 Å². The quantitative estimate of drug-likeness (QED) is 0.911. The highest BCUT2D eigenvalue weighted by atomic mass is 16.6. The third-order valence-corrected chi connectivity index (χ3v) is 3.73. The summed E-state index contributed by atoms with van der Waals surface area (Å²) in [7, 11) is 3.81. The van der Waals surface area contributed by atoms with Crippen LogP contribution in [0.25, 0.3) is 0 Å². The number of rotatable bonds is 3. The molecule has 2 unspecified atom stereocenters. The third-order valence-electron chi connectivity index (χ3n) is 3.73. The minimum absolute atomic E-state index is 0.137. The number of ether oxygens (including phenoxy) is 1. The van der Waals surface area contributed by atoms with Gasteiger partial charge in [0.25, 0.3) is 0 Å². The maximum Gasteiger partial charge on any atom is 0.410 e. The molecule has 1 aromatic heterocycles. The number of likely N-dealkylation sites (tertiary alicyclic amines) is 1. The second-order valence-electron chi connectivity index (χ2n) is 6.52. The Morgan fingerprint density at radius 2 is 2.24 bits per heavy atom. The number of carbonyl (C=O) groups is 1. The molecule has 1 saturated heterocycles. The zero-order valence-corrected chi connectivity index (χ0v) is 13.5. The van der Waals surface area contributed by atoms with Gasteiger partial charge in [-0.05, 0) is 40.2 Å². The molecule has 1 aromatic rings. The molecule has 118 valence electrons. The molecule has 1 N–H and O–H groups in total. The molecule has 2 heterocycles. The number of aryl methyl sites for hydroxylation is 1. The molecule has 0 bridgehead atoms. The molecule has 0 aromatic carbocycles. The highest BCUT2D eigenvalue weighted by molar-refractivity contribution is 5.68. The summed E-state index contributed by atoms with van der Waals surface area (Å²) in [6.07, 6.45) is 2.48. The van der Waals surface area contributed by atoms with Crippen LogP contribution >= 0.6 is 0 Å². The van der Waals surface area contributed by atoms with Gasteiger partial charge < -0.3 is 15.0 Å². The van der Waals surface area contributed by atoms with Crippen LogP contribution in [0.3, 0.4) is 0 Å². The Hall–Kier alpha value is -1.63. The Labute approximate surface area is 125 Å². The average molecular weight is 295 g/mol. The van der Waals surface area contributed by atoms with E-state index in [0.29, 0.717) is 12.5 Å². The van der Waals surface area contributed by atoms with E-state index in [0.717, 1.165) is 18.7 Å². The summed E-state index contributed by atoms with van der Waals surface area (Å²) >= 11 is 0. The summed E-state index contributed by atoms with van der Waals surface area (Å²) in [5.41, 5.74) is 0.581. The first-order valence-corrected chi connectivity index (χ1v) is 7.31. The molecule has 0 radical (unpaired) electrons. The van der Waals surface area contributed by atoms with Crippen molar-refractivity contribution in [1.29, 1.82) is 0 Å². The van der Waals surface area contributed by atoms with E-state index < -0.39 is 5.60 Å². The van der Waals surface area contributed by atoms with Gasteiger partial charge in [-0.25, -0.2) is 4.79 Å². The molecule has 1 amide bonds. The average Bonchev–Trinajstić information content (AvgIpc) is 2.99. The zero-order valence-electron chi connectivity index (χ0n) is 13.5. The predicted molar refractivity (Wildman–Crippen MR) is 78.7 cm³/mol. The van der Waals surface area contributed by atoms with E-state index in [-0.39, 0.29) is 12.1 Å². The molecule has 0 spiro atoms. The molecule has 21 heavy (non-hydrogen) atoms. The van der Waals surface area contributed by atoms with Crippen LogP contribution in [0.5, 0.6) is 0 Å². The SMILES string of the molecule is CNC(c1cnnn1C)C1CCN(C(=O)OC(C)(C)C)C1. The summed E-state index contributed by atoms with van der Waals surface area (Å²) in [5.74, 6) is 0.333.